The van der Waals surface area contributed by atoms with Crippen LogP contribution >= 0.6 is 0 Å². The molecule has 0 bridgehead atoms. The Morgan fingerprint density at radius 1 is 0.411 bits per heavy atom. The van der Waals surface area contributed by atoms with E-state index in [4.69, 9.17) is 19.4 Å². The van der Waals surface area contributed by atoms with Crippen LogP contribution in [-0.2, 0) is 0 Å². The first-order chi connectivity index (χ1) is 27.6. The Labute approximate surface area is 324 Å². The minimum absolute atomic E-state index is 0.463. The maximum atomic E-state index is 6.20. The van der Waals surface area contributed by atoms with Crippen LogP contribution in [0.3, 0.4) is 0 Å². The molecule has 4 nitrogen and oxygen atoms in total. The molecule has 11 rings (SSSR count). The predicted molar refractivity (Wildman–Crippen MR) is 231 cm³/mol. The van der Waals surface area contributed by atoms with E-state index in [9.17, 15) is 0 Å². The van der Waals surface area contributed by atoms with Gasteiger partial charge in [0.2, 0.25) is 0 Å². The van der Waals surface area contributed by atoms with Crippen molar-refractivity contribution < 1.29 is 4.42 Å². The molecule has 10 aromatic rings. The zero-order valence-electron chi connectivity index (χ0n) is 30.8. The highest BCUT2D eigenvalue weighted by Gasteiger charge is 2.21. The maximum Gasteiger partial charge on any atom is 0.164 e. The average Bonchev–Trinajstić information content (AvgIpc) is 3.64. The number of rotatable bonds is 5. The summed E-state index contributed by atoms with van der Waals surface area (Å²) in [6, 6.07) is 57.5. The molecule has 1 unspecified atom stereocenters. The van der Waals surface area contributed by atoms with Gasteiger partial charge in [-0.05, 0) is 91.5 Å². The first kappa shape index (κ1) is 32.3. The number of hydrogen-bond donors (Lipinski definition) is 0. The van der Waals surface area contributed by atoms with Gasteiger partial charge in [-0.2, -0.15) is 0 Å². The smallest absolute Gasteiger partial charge is 0.164 e. The molecule has 0 fully saturated rings. The zero-order valence-corrected chi connectivity index (χ0v) is 30.8. The Hall–Kier alpha value is -7.17. The minimum Gasteiger partial charge on any atom is -0.456 e. The lowest BCUT2D eigenvalue weighted by atomic mass is 9.81. The summed E-state index contributed by atoms with van der Waals surface area (Å²) in [5, 5.41) is 7.29. The van der Waals surface area contributed by atoms with E-state index in [2.05, 4.69) is 159 Å². The van der Waals surface area contributed by atoms with Gasteiger partial charge in [0, 0.05) is 27.5 Å². The van der Waals surface area contributed by atoms with E-state index in [0.717, 1.165) is 61.7 Å². The van der Waals surface area contributed by atoms with Gasteiger partial charge in [0.05, 0.1) is 0 Å². The molecule has 56 heavy (non-hydrogen) atoms. The molecule has 2 aromatic heterocycles. The summed E-state index contributed by atoms with van der Waals surface area (Å²) in [6.07, 6.45) is 5.67. The quantitative estimate of drug-likeness (QED) is 0.166. The second-order valence-corrected chi connectivity index (χ2v) is 14.8. The van der Waals surface area contributed by atoms with Gasteiger partial charge in [0.25, 0.3) is 0 Å². The van der Waals surface area contributed by atoms with E-state index in [1.165, 1.54) is 38.2 Å². The molecule has 0 radical (unpaired) electrons. The molecule has 8 aromatic carbocycles. The normalized spacial score (nSPS) is 13.8. The van der Waals surface area contributed by atoms with Gasteiger partial charge in [0.15, 0.2) is 17.5 Å². The summed E-state index contributed by atoms with van der Waals surface area (Å²) in [6.45, 7) is 2.33. The van der Waals surface area contributed by atoms with Crippen LogP contribution in [0.2, 0.25) is 0 Å². The molecule has 0 N–H and O–H groups in total. The third-order valence-corrected chi connectivity index (χ3v) is 11.4. The standard InChI is InChI=1S/C52H35N3O/c1-32-10-9-16-45-41-28-27-39(30-46(41)40-13-5-6-15-44(40)49(32)45)52-54-50(36-22-18-34(19-23-36)33-11-3-2-4-12-33)53-51(55-52)37-24-20-35(21-25-37)38-26-29-43-42-14-7-8-17-47(42)56-48(43)31-38/h2-9,11-32H,10H2,1H3. The van der Waals surface area contributed by atoms with Crippen molar-refractivity contribution in [3.05, 3.63) is 181 Å². The fraction of sp³-hybridized carbons (Fsp3) is 0.0577. The molecule has 0 saturated heterocycles. The largest absolute Gasteiger partial charge is 0.456 e. The van der Waals surface area contributed by atoms with Crippen LogP contribution in [0, 0.1) is 0 Å². The predicted octanol–water partition coefficient (Wildman–Crippen LogP) is 13.9. The number of fused-ring (bicyclic) bond motifs is 9. The lowest BCUT2D eigenvalue weighted by Gasteiger charge is -2.23. The van der Waals surface area contributed by atoms with Gasteiger partial charge in [-0.3, -0.25) is 0 Å². The van der Waals surface area contributed by atoms with E-state index >= 15 is 0 Å². The summed E-state index contributed by atoms with van der Waals surface area (Å²) in [5.41, 5.74) is 11.9. The highest BCUT2D eigenvalue weighted by Crippen LogP contribution is 2.42. The van der Waals surface area contributed by atoms with Crippen LogP contribution in [0.5, 0.6) is 0 Å². The molecule has 1 aliphatic carbocycles. The molecule has 4 heteroatoms. The monoisotopic (exact) mass is 717 g/mol. The van der Waals surface area contributed by atoms with Crippen molar-refractivity contribution in [2.24, 2.45) is 0 Å². The Bertz CT molecular complexity index is 3160. The van der Waals surface area contributed by atoms with Crippen LogP contribution < -0.4 is 0 Å². The van der Waals surface area contributed by atoms with Crippen molar-refractivity contribution >= 4 is 49.6 Å². The number of benzene rings is 8. The summed E-state index contributed by atoms with van der Waals surface area (Å²) >= 11 is 0. The summed E-state index contributed by atoms with van der Waals surface area (Å²) < 4.78 is 6.20. The van der Waals surface area contributed by atoms with Gasteiger partial charge >= 0.3 is 0 Å². The SMILES string of the molecule is CC1CC=Cc2c1c1ccccc1c1cc(-c3nc(-c4ccc(-c5ccccc5)cc4)nc(-c4ccc(-c5ccc6c(c5)oc5ccccc56)cc4)n3)ccc21. The van der Waals surface area contributed by atoms with Gasteiger partial charge in [-0.25, -0.2) is 15.0 Å². The van der Waals surface area contributed by atoms with Gasteiger partial charge in [0.1, 0.15) is 11.2 Å². The van der Waals surface area contributed by atoms with Gasteiger partial charge in [-0.15, -0.1) is 0 Å². The summed E-state index contributed by atoms with van der Waals surface area (Å²) in [5.74, 6) is 2.37. The third-order valence-electron chi connectivity index (χ3n) is 11.4. The molecular formula is C52H35N3O. The molecule has 1 aliphatic rings. The molecular weight excluding hydrogens is 683 g/mol. The van der Waals surface area contributed by atoms with E-state index in [1.807, 2.05) is 24.3 Å². The van der Waals surface area contributed by atoms with Crippen molar-refractivity contribution in [3.8, 4) is 56.4 Å². The first-order valence-electron chi connectivity index (χ1n) is 19.2. The Morgan fingerprint density at radius 2 is 0.929 bits per heavy atom. The summed E-state index contributed by atoms with van der Waals surface area (Å²) in [7, 11) is 0. The molecule has 0 spiro atoms. The van der Waals surface area contributed by atoms with Crippen LogP contribution in [0.15, 0.2) is 174 Å². The molecule has 264 valence electrons. The van der Waals surface area contributed by atoms with Crippen molar-refractivity contribution in [2.45, 2.75) is 19.3 Å². The van der Waals surface area contributed by atoms with E-state index < -0.39 is 0 Å². The highest BCUT2D eigenvalue weighted by atomic mass is 16.3. The molecule has 0 amide bonds. The zero-order chi connectivity index (χ0) is 37.2. The second kappa shape index (κ2) is 13.0. The Morgan fingerprint density at radius 3 is 1.66 bits per heavy atom. The van der Waals surface area contributed by atoms with Crippen molar-refractivity contribution in [3.63, 3.8) is 0 Å². The maximum absolute atomic E-state index is 6.20. The fourth-order valence-electron chi connectivity index (χ4n) is 8.53. The number of nitrogens with zero attached hydrogens (tertiary/aromatic N) is 3. The van der Waals surface area contributed by atoms with E-state index in [-0.39, 0.29) is 0 Å². The van der Waals surface area contributed by atoms with Crippen LogP contribution in [0.25, 0.3) is 106 Å². The second-order valence-electron chi connectivity index (χ2n) is 14.8. The summed E-state index contributed by atoms with van der Waals surface area (Å²) in [4.78, 5) is 15.4. The fourth-order valence-corrected chi connectivity index (χ4v) is 8.53. The number of hydrogen-bond acceptors (Lipinski definition) is 4. The van der Waals surface area contributed by atoms with Crippen LogP contribution in [-0.4, -0.2) is 15.0 Å². The molecule has 0 aliphatic heterocycles. The third kappa shape index (κ3) is 5.41. The first-order valence-corrected chi connectivity index (χ1v) is 19.2. The number of furan rings is 1. The van der Waals surface area contributed by atoms with Crippen LogP contribution in [0.1, 0.15) is 30.4 Å². The molecule has 1 atom stereocenters. The average molecular weight is 718 g/mol. The lowest BCUT2D eigenvalue weighted by molar-refractivity contribution is 0.669. The van der Waals surface area contributed by atoms with Crippen molar-refractivity contribution in [1.29, 1.82) is 0 Å². The van der Waals surface area contributed by atoms with Crippen molar-refractivity contribution in [1.82, 2.24) is 15.0 Å². The van der Waals surface area contributed by atoms with Crippen molar-refractivity contribution in [2.75, 3.05) is 0 Å². The van der Waals surface area contributed by atoms with E-state index in [0.29, 0.717) is 23.4 Å². The van der Waals surface area contributed by atoms with Gasteiger partial charge in [-0.1, -0.05) is 159 Å². The molecule has 0 saturated carbocycles. The number of allylic oxidation sites excluding steroid dienone is 1. The number of aromatic nitrogens is 3. The topological polar surface area (TPSA) is 51.8 Å². The lowest BCUT2D eigenvalue weighted by Crippen LogP contribution is -2.03. The molecule has 2 heterocycles. The minimum atomic E-state index is 0.463. The van der Waals surface area contributed by atoms with Gasteiger partial charge < -0.3 is 4.42 Å². The Kier molecular flexibility index (Phi) is 7.49. The highest BCUT2D eigenvalue weighted by molar-refractivity contribution is 6.14. The Balaban J connectivity index is 1.04. The van der Waals surface area contributed by atoms with E-state index in [1.54, 1.807) is 0 Å². The van der Waals surface area contributed by atoms with Crippen LogP contribution in [0.4, 0.5) is 0 Å². The number of para-hydroxylation sites is 1.